The number of nitrogens with one attached hydrogen (secondary N) is 1. The lowest BCUT2D eigenvalue weighted by molar-refractivity contribution is 0.184. The lowest BCUT2D eigenvalue weighted by Gasteiger charge is -2.35. The zero-order valence-electron chi connectivity index (χ0n) is 11.2. The van der Waals surface area contributed by atoms with Gasteiger partial charge in [0.25, 0.3) is 0 Å². The summed E-state index contributed by atoms with van der Waals surface area (Å²) in [6.45, 7) is 4.67. The Bertz CT molecular complexity index is 671. The normalized spacial score (nSPS) is 22.8. The molecule has 19 heavy (non-hydrogen) atoms. The van der Waals surface area contributed by atoms with Crippen LogP contribution in [0.3, 0.4) is 0 Å². The van der Waals surface area contributed by atoms with Crippen LogP contribution in [0.25, 0.3) is 11.2 Å². The molecule has 1 unspecified atom stereocenters. The van der Waals surface area contributed by atoms with Crippen molar-refractivity contribution in [3.63, 3.8) is 0 Å². The molecule has 2 aromatic heterocycles. The number of aromatic amines is 1. The minimum absolute atomic E-state index is 0.383. The molecule has 1 aliphatic rings. The molecule has 5 heteroatoms. The monoisotopic (exact) mass is 295 g/mol. The quantitative estimate of drug-likeness (QED) is 0.760. The highest BCUT2D eigenvalue weighted by atomic mass is 35.5. The van der Waals surface area contributed by atoms with Crippen LogP contribution >= 0.6 is 23.8 Å². The molecule has 0 amide bonds. The molecule has 3 rings (SSSR count). The van der Waals surface area contributed by atoms with Gasteiger partial charge >= 0.3 is 0 Å². The van der Waals surface area contributed by atoms with Crippen LogP contribution in [0, 0.1) is 10.2 Å². The molecular formula is C14H18ClN3S. The fourth-order valence-electron chi connectivity index (χ4n) is 3.20. The van der Waals surface area contributed by atoms with Crippen LogP contribution in [-0.2, 0) is 0 Å². The summed E-state index contributed by atoms with van der Waals surface area (Å²) in [6.07, 6.45) is 6.56. The maximum Gasteiger partial charge on any atom is 0.179 e. The van der Waals surface area contributed by atoms with Crippen LogP contribution in [0.5, 0.6) is 0 Å². The average molecular weight is 296 g/mol. The first-order valence-corrected chi connectivity index (χ1v) is 7.51. The summed E-state index contributed by atoms with van der Waals surface area (Å²) in [5.74, 6) is 0. The summed E-state index contributed by atoms with van der Waals surface area (Å²) in [7, 11) is 0. The maximum atomic E-state index is 5.99. The number of aromatic nitrogens is 3. The van der Waals surface area contributed by atoms with E-state index < -0.39 is 0 Å². The van der Waals surface area contributed by atoms with E-state index in [0.717, 1.165) is 22.4 Å². The molecule has 0 aliphatic heterocycles. The highest BCUT2D eigenvalue weighted by Crippen LogP contribution is 2.41. The Balaban J connectivity index is 2.09. The summed E-state index contributed by atoms with van der Waals surface area (Å²) in [5.41, 5.74) is 2.24. The van der Waals surface area contributed by atoms with Gasteiger partial charge in [0.05, 0.1) is 10.5 Å². The summed E-state index contributed by atoms with van der Waals surface area (Å²) in [4.78, 5) is 7.68. The first-order chi connectivity index (χ1) is 8.96. The lowest BCUT2D eigenvalue weighted by Crippen LogP contribution is -2.25. The van der Waals surface area contributed by atoms with E-state index >= 15 is 0 Å². The fraction of sp³-hybridized carbons (Fsp3) is 0.571. The van der Waals surface area contributed by atoms with Crippen molar-refractivity contribution >= 4 is 35.0 Å². The number of nitrogens with zero attached hydrogens (tertiary/aromatic N) is 2. The largest absolute Gasteiger partial charge is 0.329 e. The molecule has 102 valence electrons. The van der Waals surface area contributed by atoms with E-state index in [0.29, 0.717) is 16.5 Å². The number of rotatable bonds is 1. The molecule has 0 radical (unpaired) electrons. The molecule has 0 aromatic carbocycles. The Morgan fingerprint density at radius 3 is 3.05 bits per heavy atom. The van der Waals surface area contributed by atoms with Crippen LogP contribution in [0.4, 0.5) is 0 Å². The van der Waals surface area contributed by atoms with Gasteiger partial charge in [-0.2, -0.15) is 0 Å². The van der Waals surface area contributed by atoms with Gasteiger partial charge < -0.3 is 4.98 Å². The number of H-pyrrole nitrogens is 1. The van der Waals surface area contributed by atoms with Gasteiger partial charge in [-0.1, -0.05) is 31.9 Å². The second kappa shape index (κ2) is 4.60. The molecular weight excluding hydrogens is 278 g/mol. The first-order valence-electron chi connectivity index (χ1n) is 6.72. The van der Waals surface area contributed by atoms with Crippen LogP contribution in [0.2, 0.25) is 5.02 Å². The van der Waals surface area contributed by atoms with Gasteiger partial charge in [-0.25, -0.2) is 4.98 Å². The summed E-state index contributed by atoms with van der Waals surface area (Å²) < 4.78 is 2.94. The second-order valence-electron chi connectivity index (χ2n) is 6.24. The van der Waals surface area contributed by atoms with Crippen molar-refractivity contribution < 1.29 is 0 Å². The van der Waals surface area contributed by atoms with Gasteiger partial charge in [-0.05, 0) is 43.0 Å². The molecule has 2 heterocycles. The molecule has 3 nitrogen and oxygen atoms in total. The Kier molecular flexibility index (Phi) is 3.18. The van der Waals surface area contributed by atoms with Gasteiger partial charge in [0, 0.05) is 12.2 Å². The summed E-state index contributed by atoms with van der Waals surface area (Å²) in [6, 6.07) is 2.34. The van der Waals surface area contributed by atoms with Crippen LogP contribution in [-0.4, -0.2) is 14.5 Å². The third-order valence-corrected chi connectivity index (χ3v) is 4.57. The van der Waals surface area contributed by atoms with E-state index in [-0.39, 0.29) is 0 Å². The van der Waals surface area contributed by atoms with E-state index in [1.807, 2.05) is 6.07 Å². The van der Waals surface area contributed by atoms with E-state index in [2.05, 4.69) is 28.4 Å². The lowest BCUT2D eigenvalue weighted by atomic mass is 9.75. The van der Waals surface area contributed by atoms with Crippen LogP contribution < -0.4 is 0 Å². The highest BCUT2D eigenvalue weighted by Gasteiger charge is 2.30. The average Bonchev–Trinajstić information content (AvgIpc) is 2.62. The third kappa shape index (κ3) is 2.43. The van der Waals surface area contributed by atoms with E-state index in [1.54, 1.807) is 6.20 Å². The van der Waals surface area contributed by atoms with Crippen molar-refractivity contribution in [2.24, 2.45) is 5.41 Å². The van der Waals surface area contributed by atoms with Gasteiger partial charge in [0.1, 0.15) is 0 Å². The van der Waals surface area contributed by atoms with Gasteiger partial charge in [0.15, 0.2) is 10.4 Å². The van der Waals surface area contributed by atoms with Crippen molar-refractivity contribution in [1.29, 1.82) is 0 Å². The molecule has 0 saturated heterocycles. The number of halogens is 1. The smallest absolute Gasteiger partial charge is 0.179 e. The molecule has 2 aromatic rings. The van der Waals surface area contributed by atoms with E-state index in [4.69, 9.17) is 23.8 Å². The Hall–Kier alpha value is -0.870. The van der Waals surface area contributed by atoms with Crippen molar-refractivity contribution in [3.8, 4) is 0 Å². The van der Waals surface area contributed by atoms with E-state index in [9.17, 15) is 0 Å². The van der Waals surface area contributed by atoms with Crippen LogP contribution in [0.15, 0.2) is 12.3 Å². The first kappa shape index (κ1) is 13.1. The van der Waals surface area contributed by atoms with E-state index in [1.165, 1.54) is 19.3 Å². The SMILES string of the molecule is CC1(C)CCCC(n2c(=S)[nH]c3cc(Cl)cnc32)C1. The number of pyridine rings is 1. The zero-order chi connectivity index (χ0) is 13.6. The number of imidazole rings is 1. The summed E-state index contributed by atoms with van der Waals surface area (Å²) in [5, 5.41) is 0.639. The topological polar surface area (TPSA) is 33.6 Å². The van der Waals surface area contributed by atoms with Crippen molar-refractivity contribution in [2.75, 3.05) is 0 Å². The van der Waals surface area contributed by atoms with Crippen LogP contribution in [0.1, 0.15) is 45.6 Å². The highest BCUT2D eigenvalue weighted by molar-refractivity contribution is 7.71. The Morgan fingerprint density at radius 2 is 2.32 bits per heavy atom. The standard InChI is InChI=1S/C14H18ClN3S/c1-14(2)5-3-4-10(7-14)18-12-11(17-13(18)19)6-9(15)8-16-12/h6,8,10H,3-5,7H2,1-2H3,(H,17,19). The third-order valence-electron chi connectivity index (χ3n) is 4.07. The number of hydrogen-bond acceptors (Lipinski definition) is 2. The van der Waals surface area contributed by atoms with Gasteiger partial charge in [-0.15, -0.1) is 0 Å². The predicted octanol–water partition coefficient (Wildman–Crippen LogP) is 4.89. The van der Waals surface area contributed by atoms with Gasteiger partial charge in [0.2, 0.25) is 0 Å². The minimum atomic E-state index is 0.383. The molecule has 0 spiro atoms. The molecule has 1 saturated carbocycles. The zero-order valence-corrected chi connectivity index (χ0v) is 12.8. The Labute approximate surface area is 123 Å². The van der Waals surface area contributed by atoms with Crippen molar-refractivity contribution in [2.45, 2.75) is 45.6 Å². The maximum absolute atomic E-state index is 5.99. The molecule has 1 N–H and O–H groups in total. The fourth-order valence-corrected chi connectivity index (χ4v) is 3.71. The summed E-state index contributed by atoms with van der Waals surface area (Å²) >= 11 is 11.5. The molecule has 0 bridgehead atoms. The Morgan fingerprint density at radius 1 is 1.53 bits per heavy atom. The number of hydrogen-bond donors (Lipinski definition) is 1. The minimum Gasteiger partial charge on any atom is -0.329 e. The molecule has 1 atom stereocenters. The van der Waals surface area contributed by atoms with Crippen molar-refractivity contribution in [3.05, 3.63) is 22.1 Å². The van der Waals surface area contributed by atoms with Gasteiger partial charge in [-0.3, -0.25) is 4.57 Å². The number of fused-ring (bicyclic) bond motifs is 1. The van der Waals surface area contributed by atoms with Crippen molar-refractivity contribution in [1.82, 2.24) is 14.5 Å². The molecule has 1 fully saturated rings. The molecule has 1 aliphatic carbocycles. The predicted molar refractivity (Wildman–Crippen MR) is 81.2 cm³/mol. The second-order valence-corrected chi connectivity index (χ2v) is 7.06.